The van der Waals surface area contributed by atoms with Crippen molar-refractivity contribution in [3.8, 4) is 0 Å². The Hall–Kier alpha value is -0.610. The van der Waals surface area contributed by atoms with Crippen molar-refractivity contribution in [2.24, 2.45) is 0 Å². The molecule has 0 radical (unpaired) electrons. The van der Waals surface area contributed by atoms with E-state index in [1.165, 1.54) is 27.6 Å². The predicted molar refractivity (Wildman–Crippen MR) is 63.6 cm³/mol. The fourth-order valence-corrected chi connectivity index (χ4v) is 2.19. The normalized spacial score (nSPS) is 17.0. The van der Waals surface area contributed by atoms with Gasteiger partial charge in [0.1, 0.15) is 0 Å². The SMILES string of the molecule is C=C(C)C1=C(C)CC=C1C(=C)PC. The summed E-state index contributed by atoms with van der Waals surface area (Å²) in [6, 6.07) is 0. The molecule has 0 saturated heterocycles. The molecular weight excluding hydrogens is 175 g/mol. The van der Waals surface area contributed by atoms with Gasteiger partial charge < -0.3 is 0 Å². The third-order valence-corrected chi connectivity index (χ3v) is 3.24. The van der Waals surface area contributed by atoms with E-state index in [1.807, 2.05) is 0 Å². The van der Waals surface area contributed by atoms with Gasteiger partial charge >= 0.3 is 0 Å². The first-order valence-electron chi connectivity index (χ1n) is 4.51. The maximum absolute atomic E-state index is 4.09. The second-order valence-corrected chi connectivity index (χ2v) is 4.59. The molecule has 0 saturated carbocycles. The lowest BCUT2D eigenvalue weighted by atomic mass is 10.0. The second-order valence-electron chi connectivity index (χ2n) is 3.49. The van der Waals surface area contributed by atoms with Crippen LogP contribution in [-0.2, 0) is 0 Å². The van der Waals surface area contributed by atoms with Gasteiger partial charge in [0.05, 0.1) is 0 Å². The molecule has 0 aromatic carbocycles. The summed E-state index contributed by atoms with van der Waals surface area (Å²) in [5, 5.41) is 1.26. The van der Waals surface area contributed by atoms with Crippen LogP contribution in [-0.4, -0.2) is 6.66 Å². The number of allylic oxidation sites excluding steroid dienone is 6. The molecule has 0 aromatic heterocycles. The zero-order valence-electron chi connectivity index (χ0n) is 8.70. The lowest BCUT2D eigenvalue weighted by molar-refractivity contribution is 1.22. The molecule has 0 bridgehead atoms. The third kappa shape index (κ3) is 2.00. The Morgan fingerprint density at radius 1 is 1.46 bits per heavy atom. The molecule has 1 aliphatic carbocycles. The van der Waals surface area contributed by atoms with E-state index in [0.717, 1.165) is 15.0 Å². The van der Waals surface area contributed by atoms with Gasteiger partial charge in [-0.25, -0.2) is 0 Å². The zero-order valence-corrected chi connectivity index (χ0v) is 9.70. The van der Waals surface area contributed by atoms with E-state index in [2.05, 4.69) is 39.7 Å². The van der Waals surface area contributed by atoms with Crippen LogP contribution in [0.15, 0.2) is 46.8 Å². The van der Waals surface area contributed by atoms with E-state index in [9.17, 15) is 0 Å². The fourth-order valence-electron chi connectivity index (χ4n) is 1.69. The average molecular weight is 192 g/mol. The van der Waals surface area contributed by atoms with Crippen LogP contribution >= 0.6 is 8.58 Å². The summed E-state index contributed by atoms with van der Waals surface area (Å²) in [5.41, 5.74) is 5.28. The van der Waals surface area contributed by atoms with Crippen LogP contribution in [0.3, 0.4) is 0 Å². The van der Waals surface area contributed by atoms with Crippen molar-refractivity contribution in [1.82, 2.24) is 0 Å². The van der Waals surface area contributed by atoms with Crippen LogP contribution < -0.4 is 0 Å². The standard InChI is InChI=1S/C12H17P/c1-8(2)12-9(3)6-7-11(12)10(4)13-5/h7,13H,1,4,6H2,2-3,5H3. The summed E-state index contributed by atoms with van der Waals surface area (Å²) in [5.74, 6) is 0. The summed E-state index contributed by atoms with van der Waals surface area (Å²) < 4.78 is 0. The molecule has 1 aliphatic rings. The highest BCUT2D eigenvalue weighted by Gasteiger charge is 2.16. The summed E-state index contributed by atoms with van der Waals surface area (Å²) in [4.78, 5) is 0. The average Bonchev–Trinajstić information content (AvgIpc) is 2.45. The van der Waals surface area contributed by atoms with E-state index < -0.39 is 0 Å². The van der Waals surface area contributed by atoms with E-state index in [4.69, 9.17) is 0 Å². The fraction of sp³-hybridized carbons (Fsp3) is 0.333. The van der Waals surface area contributed by atoms with Gasteiger partial charge in [-0.1, -0.05) is 39.0 Å². The van der Waals surface area contributed by atoms with Crippen LogP contribution in [0.25, 0.3) is 0 Å². The molecular formula is C12H17P. The van der Waals surface area contributed by atoms with Crippen LogP contribution in [0, 0.1) is 0 Å². The van der Waals surface area contributed by atoms with E-state index >= 15 is 0 Å². The van der Waals surface area contributed by atoms with Gasteiger partial charge in [-0.2, -0.15) is 0 Å². The Labute approximate surface area is 82.9 Å². The number of hydrogen-bond donors (Lipinski definition) is 0. The summed E-state index contributed by atoms with van der Waals surface area (Å²) in [7, 11) is 0.796. The molecule has 13 heavy (non-hydrogen) atoms. The van der Waals surface area contributed by atoms with Crippen LogP contribution in [0.4, 0.5) is 0 Å². The molecule has 0 aliphatic heterocycles. The lowest BCUT2D eigenvalue weighted by Gasteiger charge is -2.11. The first-order valence-corrected chi connectivity index (χ1v) is 6.01. The number of hydrogen-bond acceptors (Lipinski definition) is 0. The van der Waals surface area contributed by atoms with E-state index in [-0.39, 0.29) is 0 Å². The van der Waals surface area contributed by atoms with Crippen molar-refractivity contribution in [3.63, 3.8) is 0 Å². The van der Waals surface area contributed by atoms with Crippen molar-refractivity contribution < 1.29 is 0 Å². The Morgan fingerprint density at radius 3 is 2.54 bits per heavy atom. The van der Waals surface area contributed by atoms with Crippen molar-refractivity contribution in [1.29, 1.82) is 0 Å². The predicted octanol–water partition coefficient (Wildman–Crippen LogP) is 4.03. The molecule has 1 rings (SSSR count). The van der Waals surface area contributed by atoms with Crippen molar-refractivity contribution in [3.05, 3.63) is 46.8 Å². The Balaban J connectivity index is 3.03. The minimum atomic E-state index is 0.796. The highest BCUT2D eigenvalue weighted by Crippen LogP contribution is 2.39. The van der Waals surface area contributed by atoms with Gasteiger partial charge in [0.15, 0.2) is 0 Å². The van der Waals surface area contributed by atoms with Gasteiger partial charge in [-0.15, -0.1) is 0 Å². The highest BCUT2D eigenvalue weighted by atomic mass is 31.1. The maximum atomic E-state index is 4.09. The molecule has 1 unspecified atom stereocenters. The lowest BCUT2D eigenvalue weighted by Crippen LogP contribution is -1.89. The van der Waals surface area contributed by atoms with Crippen molar-refractivity contribution in [2.45, 2.75) is 20.3 Å². The van der Waals surface area contributed by atoms with Gasteiger partial charge in [0.25, 0.3) is 0 Å². The van der Waals surface area contributed by atoms with Crippen molar-refractivity contribution >= 4 is 8.58 Å². The molecule has 0 amide bonds. The molecule has 1 heteroatoms. The molecule has 0 heterocycles. The first kappa shape index (κ1) is 10.5. The molecule has 0 aromatic rings. The Morgan fingerprint density at radius 2 is 2.08 bits per heavy atom. The third-order valence-electron chi connectivity index (χ3n) is 2.36. The topological polar surface area (TPSA) is 0 Å². The minimum Gasteiger partial charge on any atom is -0.0955 e. The van der Waals surface area contributed by atoms with E-state index in [0.29, 0.717) is 0 Å². The van der Waals surface area contributed by atoms with Crippen LogP contribution in [0.2, 0.25) is 0 Å². The monoisotopic (exact) mass is 192 g/mol. The Kier molecular flexibility index (Phi) is 3.27. The van der Waals surface area contributed by atoms with Gasteiger partial charge in [0, 0.05) is 0 Å². The molecule has 0 N–H and O–H groups in total. The van der Waals surface area contributed by atoms with Crippen LogP contribution in [0.1, 0.15) is 20.3 Å². The van der Waals surface area contributed by atoms with Gasteiger partial charge in [-0.05, 0) is 43.4 Å². The number of rotatable bonds is 3. The van der Waals surface area contributed by atoms with Crippen LogP contribution in [0.5, 0.6) is 0 Å². The molecule has 1 atom stereocenters. The smallest absolute Gasteiger partial charge is 0.0123 e. The maximum Gasteiger partial charge on any atom is -0.0123 e. The highest BCUT2D eigenvalue weighted by molar-refractivity contribution is 7.42. The largest absolute Gasteiger partial charge is 0.0955 e. The quantitative estimate of drug-likeness (QED) is 0.592. The summed E-state index contributed by atoms with van der Waals surface area (Å²) >= 11 is 0. The molecule has 70 valence electrons. The van der Waals surface area contributed by atoms with E-state index in [1.54, 1.807) is 0 Å². The minimum absolute atomic E-state index is 0.796. The van der Waals surface area contributed by atoms with Crippen molar-refractivity contribution in [2.75, 3.05) is 6.66 Å². The molecule has 0 fully saturated rings. The first-order chi connectivity index (χ1) is 6.07. The summed E-state index contributed by atoms with van der Waals surface area (Å²) in [6.07, 6.45) is 3.35. The Bertz CT molecular complexity index is 316. The molecule has 0 spiro atoms. The zero-order chi connectivity index (χ0) is 10.0. The summed E-state index contributed by atoms with van der Waals surface area (Å²) in [6.45, 7) is 14.5. The van der Waals surface area contributed by atoms with Gasteiger partial charge in [0.2, 0.25) is 0 Å². The molecule has 0 nitrogen and oxygen atoms in total. The second kappa shape index (κ2) is 4.07. The van der Waals surface area contributed by atoms with Gasteiger partial charge in [-0.3, -0.25) is 0 Å².